The van der Waals surface area contributed by atoms with E-state index < -0.39 is 29.7 Å². The van der Waals surface area contributed by atoms with E-state index in [-0.39, 0.29) is 26.7 Å². The van der Waals surface area contributed by atoms with E-state index in [1.807, 2.05) is 60.7 Å². The van der Waals surface area contributed by atoms with Crippen molar-refractivity contribution in [1.82, 2.24) is 9.13 Å². The Morgan fingerprint density at radius 3 is 2.23 bits per heavy atom. The van der Waals surface area contributed by atoms with Crippen molar-refractivity contribution in [2.45, 2.75) is 51.7 Å². The number of hydrogen-bond acceptors (Lipinski definition) is 7. The Bertz CT molecular complexity index is 1190. The Labute approximate surface area is 203 Å². The Kier molecular flexibility index (Phi) is 8.62. The molecule has 9 nitrogen and oxygen atoms in total. The molecule has 1 N–H and O–H groups in total. The summed E-state index contributed by atoms with van der Waals surface area (Å²) < 4.78 is 25.3. The molecule has 0 saturated carbocycles. The molecule has 1 saturated heterocycles. The van der Waals surface area contributed by atoms with Gasteiger partial charge >= 0.3 is 5.69 Å². The fraction of sp³-hybridized carbons (Fsp3) is 0.385. The highest BCUT2D eigenvalue weighted by Crippen LogP contribution is 2.29. The van der Waals surface area contributed by atoms with Crippen LogP contribution in [0.25, 0.3) is 0 Å². The van der Waals surface area contributed by atoms with Gasteiger partial charge in [-0.3, -0.25) is 9.36 Å². The van der Waals surface area contributed by atoms with Gasteiger partial charge in [0.25, 0.3) is 5.56 Å². The zero-order valence-electron chi connectivity index (χ0n) is 19.6. The van der Waals surface area contributed by atoms with E-state index in [1.165, 1.54) is 10.8 Å². The first-order chi connectivity index (χ1) is 17.1. The Morgan fingerprint density at radius 2 is 1.60 bits per heavy atom. The minimum Gasteiger partial charge on any atom is -0.394 e. The van der Waals surface area contributed by atoms with E-state index in [9.17, 15) is 14.7 Å². The van der Waals surface area contributed by atoms with Crippen molar-refractivity contribution in [3.63, 3.8) is 0 Å². The second-order valence-corrected chi connectivity index (χ2v) is 8.40. The van der Waals surface area contributed by atoms with E-state index in [2.05, 4.69) is 0 Å². The largest absolute Gasteiger partial charge is 0.394 e. The van der Waals surface area contributed by atoms with Gasteiger partial charge in [-0.25, -0.2) is 9.36 Å². The topological polar surface area (TPSA) is 101 Å². The van der Waals surface area contributed by atoms with Crippen molar-refractivity contribution < 1.29 is 24.1 Å². The number of aromatic nitrogens is 2. The lowest BCUT2D eigenvalue weighted by molar-refractivity contribution is -0.123. The molecule has 35 heavy (non-hydrogen) atoms. The van der Waals surface area contributed by atoms with Crippen LogP contribution in [0, 0.1) is 6.92 Å². The second kappa shape index (κ2) is 12.1. The van der Waals surface area contributed by atoms with Gasteiger partial charge in [0.1, 0.15) is 25.9 Å². The Morgan fingerprint density at radius 1 is 0.971 bits per heavy atom. The predicted molar refractivity (Wildman–Crippen MR) is 128 cm³/mol. The minimum absolute atomic E-state index is 0.0207. The number of aliphatic hydroxyl groups excluding tert-OH is 1. The second-order valence-electron chi connectivity index (χ2n) is 8.40. The number of nitrogens with zero attached hydrogens (tertiary/aromatic N) is 2. The summed E-state index contributed by atoms with van der Waals surface area (Å²) in [4.78, 5) is 25.8. The molecule has 3 aromatic rings. The van der Waals surface area contributed by atoms with Gasteiger partial charge in [-0.05, 0) is 18.1 Å². The molecule has 0 bridgehead atoms. The highest BCUT2D eigenvalue weighted by Gasteiger charge is 2.37. The third-order valence-electron chi connectivity index (χ3n) is 5.85. The molecule has 2 heterocycles. The van der Waals surface area contributed by atoms with Gasteiger partial charge in [0.05, 0.1) is 25.9 Å². The lowest BCUT2D eigenvalue weighted by Gasteiger charge is -2.17. The van der Waals surface area contributed by atoms with Crippen LogP contribution in [-0.2, 0) is 38.9 Å². The van der Waals surface area contributed by atoms with Crippen molar-refractivity contribution >= 4 is 0 Å². The molecule has 1 fully saturated rings. The molecule has 1 aliphatic heterocycles. The van der Waals surface area contributed by atoms with Crippen LogP contribution in [0.15, 0.2) is 76.4 Å². The van der Waals surface area contributed by atoms with Crippen LogP contribution < -0.4 is 11.2 Å². The summed E-state index contributed by atoms with van der Waals surface area (Å²) >= 11 is 0. The van der Waals surface area contributed by atoms with Gasteiger partial charge < -0.3 is 24.1 Å². The van der Waals surface area contributed by atoms with Crippen molar-refractivity contribution in [2.24, 2.45) is 0 Å². The molecule has 3 atom stereocenters. The number of benzene rings is 2. The van der Waals surface area contributed by atoms with Gasteiger partial charge in [-0.1, -0.05) is 60.7 Å². The van der Waals surface area contributed by atoms with Gasteiger partial charge in [-0.15, -0.1) is 0 Å². The zero-order valence-corrected chi connectivity index (χ0v) is 19.6. The van der Waals surface area contributed by atoms with E-state index in [0.29, 0.717) is 18.6 Å². The van der Waals surface area contributed by atoms with Crippen molar-refractivity contribution in [3.8, 4) is 0 Å². The molecule has 0 unspecified atom stereocenters. The third-order valence-corrected chi connectivity index (χ3v) is 5.85. The SMILES string of the molecule is Cc1cn([C@H]2C[C@H](OCOCc3ccccc3)[C@@H](CO)O2)c(=O)n(COCc2ccccc2)c1=O. The van der Waals surface area contributed by atoms with Crippen LogP contribution in [-0.4, -0.2) is 39.8 Å². The molecule has 2 aromatic carbocycles. The maximum absolute atomic E-state index is 13.1. The molecule has 1 aromatic heterocycles. The summed E-state index contributed by atoms with van der Waals surface area (Å²) in [5.74, 6) is 0. The minimum atomic E-state index is -0.696. The van der Waals surface area contributed by atoms with E-state index >= 15 is 0 Å². The standard InChI is InChI=1S/C26H30N2O7/c1-19-13-27(26(31)28(25(19)30)17-32-15-20-8-4-2-5-9-20)24-12-22(23(14-29)35-24)34-18-33-16-21-10-6-3-7-11-21/h2-11,13,22-24,29H,12,14-18H2,1H3/t22-,23+,24+/m0/s1. The van der Waals surface area contributed by atoms with Crippen LogP contribution in [0.1, 0.15) is 29.3 Å². The number of hydrogen-bond donors (Lipinski definition) is 1. The average molecular weight is 483 g/mol. The van der Waals surface area contributed by atoms with Crippen LogP contribution in [0.2, 0.25) is 0 Å². The molecule has 0 spiro atoms. The van der Waals surface area contributed by atoms with Crippen LogP contribution >= 0.6 is 0 Å². The van der Waals surface area contributed by atoms with Gasteiger partial charge in [0, 0.05) is 18.2 Å². The molecule has 186 valence electrons. The lowest BCUT2D eigenvalue weighted by Crippen LogP contribution is -2.42. The molecule has 1 aliphatic rings. The number of rotatable bonds is 11. The van der Waals surface area contributed by atoms with E-state index in [1.54, 1.807) is 6.92 Å². The molecule has 9 heteroatoms. The number of aryl methyl sites for hydroxylation is 1. The zero-order chi connectivity index (χ0) is 24.6. The first-order valence-corrected chi connectivity index (χ1v) is 11.5. The monoisotopic (exact) mass is 482 g/mol. The molecule has 0 amide bonds. The predicted octanol–water partition coefficient (Wildman–Crippen LogP) is 2.33. The summed E-state index contributed by atoms with van der Waals surface area (Å²) in [6, 6.07) is 19.2. The summed E-state index contributed by atoms with van der Waals surface area (Å²) in [6.07, 6.45) is 0.0112. The van der Waals surface area contributed by atoms with Gasteiger partial charge in [0.2, 0.25) is 0 Å². The summed E-state index contributed by atoms with van der Waals surface area (Å²) in [6.45, 7) is 1.87. The molecule has 4 rings (SSSR count). The van der Waals surface area contributed by atoms with Crippen molar-refractivity contribution in [2.75, 3.05) is 13.4 Å². The van der Waals surface area contributed by atoms with Crippen LogP contribution in [0.5, 0.6) is 0 Å². The van der Waals surface area contributed by atoms with Crippen LogP contribution in [0.4, 0.5) is 0 Å². The summed E-state index contributed by atoms with van der Waals surface area (Å²) in [5, 5.41) is 9.77. The Balaban J connectivity index is 1.40. The molecular formula is C26H30N2O7. The first-order valence-electron chi connectivity index (χ1n) is 11.5. The quantitative estimate of drug-likeness (QED) is 0.331. The molecule has 0 radical (unpaired) electrons. The van der Waals surface area contributed by atoms with Gasteiger partial charge in [-0.2, -0.15) is 0 Å². The Hall–Kier alpha value is -3.08. The third kappa shape index (κ3) is 6.33. The maximum atomic E-state index is 13.1. The van der Waals surface area contributed by atoms with Crippen molar-refractivity contribution in [1.29, 1.82) is 0 Å². The van der Waals surface area contributed by atoms with Crippen LogP contribution in [0.3, 0.4) is 0 Å². The first kappa shape index (κ1) is 25.0. The maximum Gasteiger partial charge on any atom is 0.335 e. The fourth-order valence-electron chi connectivity index (χ4n) is 3.99. The summed E-state index contributed by atoms with van der Waals surface area (Å²) in [5.41, 5.74) is 1.38. The van der Waals surface area contributed by atoms with Gasteiger partial charge in [0.15, 0.2) is 0 Å². The normalized spacial score (nSPS) is 19.8. The highest BCUT2D eigenvalue weighted by molar-refractivity contribution is 5.14. The molecular weight excluding hydrogens is 452 g/mol. The average Bonchev–Trinajstić information content (AvgIpc) is 3.30. The van der Waals surface area contributed by atoms with Crippen molar-refractivity contribution in [3.05, 3.63) is 104 Å². The molecule has 0 aliphatic carbocycles. The fourth-order valence-corrected chi connectivity index (χ4v) is 3.99. The highest BCUT2D eigenvalue weighted by atomic mass is 16.7. The van der Waals surface area contributed by atoms with E-state index in [4.69, 9.17) is 18.9 Å². The smallest absolute Gasteiger partial charge is 0.335 e. The number of ether oxygens (including phenoxy) is 4. The van der Waals surface area contributed by atoms with E-state index in [0.717, 1.165) is 15.7 Å². The summed E-state index contributed by atoms with van der Waals surface area (Å²) in [7, 11) is 0. The number of aliphatic hydroxyl groups is 1. The lowest BCUT2D eigenvalue weighted by atomic mass is 10.2.